The highest BCUT2D eigenvalue weighted by molar-refractivity contribution is 5.83. The molecule has 0 amide bonds. The van der Waals surface area contributed by atoms with E-state index in [1.807, 2.05) is 30.3 Å². The molecule has 0 aliphatic rings. The number of methoxy groups -OCH3 is 1. The van der Waals surface area contributed by atoms with Crippen LogP contribution in [0.25, 0.3) is 10.9 Å². The topological polar surface area (TPSA) is 83.6 Å². The number of aliphatic hydroxyl groups is 1. The molecule has 0 saturated carbocycles. The zero-order valence-corrected chi connectivity index (χ0v) is 14.8. The van der Waals surface area contributed by atoms with Crippen LogP contribution in [0, 0.1) is 0 Å². The first-order valence-electron chi connectivity index (χ1n) is 8.40. The zero-order chi connectivity index (χ0) is 18.5. The molecule has 3 aromatic rings. The molecule has 26 heavy (non-hydrogen) atoms. The molecule has 0 bridgehead atoms. The molecule has 0 radical (unpaired) electrons. The third-order valence-electron chi connectivity index (χ3n) is 3.92. The Hall–Kier alpha value is -2.99. The fourth-order valence-corrected chi connectivity index (χ4v) is 2.60. The van der Waals surface area contributed by atoms with E-state index in [0.29, 0.717) is 18.0 Å². The highest BCUT2D eigenvalue weighted by atomic mass is 16.5. The first-order valence-corrected chi connectivity index (χ1v) is 8.40. The van der Waals surface area contributed by atoms with Crippen molar-refractivity contribution >= 4 is 16.6 Å². The van der Waals surface area contributed by atoms with Gasteiger partial charge in [-0.25, -0.2) is 0 Å². The van der Waals surface area contributed by atoms with Gasteiger partial charge in [0.25, 0.3) is 5.56 Å². The number of rotatable bonds is 7. The summed E-state index contributed by atoms with van der Waals surface area (Å²) in [6.07, 6.45) is -0.540. The lowest BCUT2D eigenvalue weighted by Gasteiger charge is -2.11. The SMILES string of the molecule is COc1cccc(CNc2cc3cc(OC[C@H](C)O)ccc3[nH]c2=O)c1. The Kier molecular flexibility index (Phi) is 5.43. The zero-order valence-electron chi connectivity index (χ0n) is 14.8. The summed E-state index contributed by atoms with van der Waals surface area (Å²) in [7, 11) is 1.62. The molecule has 0 unspecified atom stereocenters. The monoisotopic (exact) mass is 354 g/mol. The Balaban J connectivity index is 1.80. The van der Waals surface area contributed by atoms with Gasteiger partial charge in [0.1, 0.15) is 23.8 Å². The second-order valence-corrected chi connectivity index (χ2v) is 6.13. The van der Waals surface area contributed by atoms with E-state index < -0.39 is 6.10 Å². The van der Waals surface area contributed by atoms with E-state index >= 15 is 0 Å². The minimum atomic E-state index is -0.540. The van der Waals surface area contributed by atoms with Gasteiger partial charge in [0.05, 0.1) is 13.2 Å². The van der Waals surface area contributed by atoms with Crippen molar-refractivity contribution in [3.05, 3.63) is 64.4 Å². The Morgan fingerprint density at radius 3 is 2.77 bits per heavy atom. The molecular weight excluding hydrogens is 332 g/mol. The first-order chi connectivity index (χ1) is 12.5. The van der Waals surface area contributed by atoms with Crippen LogP contribution in [0.4, 0.5) is 5.69 Å². The van der Waals surface area contributed by atoms with E-state index in [9.17, 15) is 9.90 Å². The third-order valence-corrected chi connectivity index (χ3v) is 3.92. The van der Waals surface area contributed by atoms with Gasteiger partial charge in [-0.1, -0.05) is 12.1 Å². The highest BCUT2D eigenvalue weighted by Gasteiger charge is 2.06. The van der Waals surface area contributed by atoms with E-state index in [2.05, 4.69) is 10.3 Å². The fourth-order valence-electron chi connectivity index (χ4n) is 2.60. The molecule has 136 valence electrons. The van der Waals surface area contributed by atoms with E-state index in [1.165, 1.54) is 0 Å². The van der Waals surface area contributed by atoms with Gasteiger partial charge < -0.3 is 24.9 Å². The summed E-state index contributed by atoms with van der Waals surface area (Å²) in [5.74, 6) is 1.42. The summed E-state index contributed by atoms with van der Waals surface area (Å²) in [6, 6.07) is 14.9. The molecule has 1 heterocycles. The van der Waals surface area contributed by atoms with Crippen LogP contribution in [0.15, 0.2) is 53.3 Å². The lowest BCUT2D eigenvalue weighted by molar-refractivity contribution is 0.123. The van der Waals surface area contributed by atoms with Gasteiger partial charge in [-0.05, 0) is 48.9 Å². The molecule has 6 heteroatoms. The normalized spacial score (nSPS) is 12.0. The number of pyridine rings is 1. The Morgan fingerprint density at radius 1 is 1.15 bits per heavy atom. The van der Waals surface area contributed by atoms with Crippen LogP contribution in [0.3, 0.4) is 0 Å². The van der Waals surface area contributed by atoms with Crippen LogP contribution in [0.5, 0.6) is 11.5 Å². The predicted molar refractivity (Wildman–Crippen MR) is 102 cm³/mol. The molecule has 1 aromatic heterocycles. The van der Waals surface area contributed by atoms with Crippen molar-refractivity contribution in [2.24, 2.45) is 0 Å². The van der Waals surface area contributed by atoms with Crippen molar-refractivity contribution in [2.45, 2.75) is 19.6 Å². The molecule has 0 saturated heterocycles. The van der Waals surface area contributed by atoms with Gasteiger partial charge >= 0.3 is 0 Å². The highest BCUT2D eigenvalue weighted by Crippen LogP contribution is 2.21. The lowest BCUT2D eigenvalue weighted by Crippen LogP contribution is -2.14. The molecular formula is C20H22N2O4. The molecule has 6 nitrogen and oxygen atoms in total. The minimum absolute atomic E-state index is 0.182. The van der Waals surface area contributed by atoms with E-state index in [-0.39, 0.29) is 12.2 Å². The molecule has 0 aliphatic carbocycles. The van der Waals surface area contributed by atoms with Crippen LogP contribution in [0.1, 0.15) is 12.5 Å². The minimum Gasteiger partial charge on any atom is -0.497 e. The predicted octanol–water partition coefficient (Wildman–Crippen LogP) is 2.91. The van der Waals surface area contributed by atoms with Crippen LogP contribution in [0.2, 0.25) is 0 Å². The number of aliphatic hydroxyl groups excluding tert-OH is 1. The number of anilines is 1. The van der Waals surface area contributed by atoms with Crippen LogP contribution >= 0.6 is 0 Å². The standard InChI is InChI=1S/C20H22N2O4/c1-13(23)12-26-17-6-7-18-15(9-17)10-19(20(24)22-18)21-11-14-4-3-5-16(8-14)25-2/h3-10,13,21,23H,11-12H2,1-2H3,(H,22,24)/t13-/m0/s1. The smallest absolute Gasteiger partial charge is 0.271 e. The Morgan fingerprint density at radius 2 is 2.00 bits per heavy atom. The van der Waals surface area contributed by atoms with Crippen LogP contribution in [-0.2, 0) is 6.54 Å². The maximum absolute atomic E-state index is 12.3. The number of hydrogen-bond donors (Lipinski definition) is 3. The second-order valence-electron chi connectivity index (χ2n) is 6.13. The van der Waals surface area contributed by atoms with Gasteiger partial charge in [-0.3, -0.25) is 4.79 Å². The number of benzene rings is 2. The van der Waals surface area contributed by atoms with Crippen molar-refractivity contribution in [1.82, 2.24) is 4.98 Å². The molecule has 2 aromatic carbocycles. The van der Waals surface area contributed by atoms with Crippen molar-refractivity contribution in [3.63, 3.8) is 0 Å². The lowest BCUT2D eigenvalue weighted by atomic mass is 10.2. The van der Waals surface area contributed by atoms with E-state index in [4.69, 9.17) is 9.47 Å². The number of ether oxygens (including phenoxy) is 2. The average Bonchev–Trinajstić information content (AvgIpc) is 2.64. The number of aromatic amines is 1. The van der Waals surface area contributed by atoms with Crippen molar-refractivity contribution in [3.8, 4) is 11.5 Å². The summed E-state index contributed by atoms with van der Waals surface area (Å²) in [5.41, 5.74) is 2.04. The third kappa shape index (κ3) is 4.34. The summed E-state index contributed by atoms with van der Waals surface area (Å²) >= 11 is 0. The Labute approximate surface area is 151 Å². The molecule has 0 spiro atoms. The van der Waals surface area contributed by atoms with Crippen molar-refractivity contribution in [2.75, 3.05) is 19.0 Å². The maximum atomic E-state index is 12.3. The number of H-pyrrole nitrogens is 1. The van der Waals surface area contributed by atoms with E-state index in [1.54, 1.807) is 32.2 Å². The summed E-state index contributed by atoms with van der Waals surface area (Å²) in [5, 5.41) is 13.3. The number of nitrogens with one attached hydrogen (secondary N) is 2. The largest absolute Gasteiger partial charge is 0.497 e. The molecule has 3 rings (SSSR count). The molecule has 1 atom stereocenters. The first kappa shape index (κ1) is 17.8. The number of hydrogen-bond acceptors (Lipinski definition) is 5. The van der Waals surface area contributed by atoms with Gasteiger partial charge in [-0.15, -0.1) is 0 Å². The van der Waals surface area contributed by atoms with Gasteiger partial charge in [0.2, 0.25) is 0 Å². The quantitative estimate of drug-likeness (QED) is 0.608. The molecule has 0 fully saturated rings. The Bertz CT molecular complexity index is 950. The average molecular weight is 354 g/mol. The van der Waals surface area contributed by atoms with Crippen molar-refractivity contribution < 1.29 is 14.6 Å². The molecule has 0 aliphatic heterocycles. The summed E-state index contributed by atoms with van der Waals surface area (Å²) in [6.45, 7) is 2.39. The second kappa shape index (κ2) is 7.93. The summed E-state index contributed by atoms with van der Waals surface area (Å²) in [4.78, 5) is 15.1. The van der Waals surface area contributed by atoms with Crippen LogP contribution in [-0.4, -0.2) is 29.9 Å². The maximum Gasteiger partial charge on any atom is 0.271 e. The van der Waals surface area contributed by atoms with E-state index in [0.717, 1.165) is 22.2 Å². The van der Waals surface area contributed by atoms with Gasteiger partial charge in [-0.2, -0.15) is 0 Å². The van der Waals surface area contributed by atoms with Crippen LogP contribution < -0.4 is 20.3 Å². The molecule has 3 N–H and O–H groups in total. The fraction of sp³-hybridized carbons (Fsp3) is 0.250. The summed E-state index contributed by atoms with van der Waals surface area (Å²) < 4.78 is 10.7. The van der Waals surface area contributed by atoms with Crippen molar-refractivity contribution in [1.29, 1.82) is 0 Å². The van der Waals surface area contributed by atoms with Gasteiger partial charge in [0, 0.05) is 17.4 Å². The number of fused-ring (bicyclic) bond motifs is 1. The van der Waals surface area contributed by atoms with Gasteiger partial charge in [0.15, 0.2) is 0 Å². The number of aromatic nitrogens is 1.